The summed E-state index contributed by atoms with van der Waals surface area (Å²) in [5, 5.41) is 17.7. The molecule has 0 aliphatic heterocycles. The molecule has 1 atom stereocenters. The molecule has 0 heterocycles. The Bertz CT molecular complexity index is 434. The summed E-state index contributed by atoms with van der Waals surface area (Å²) < 4.78 is 0. The molecule has 1 aromatic carbocycles. The van der Waals surface area contributed by atoms with Crippen molar-refractivity contribution >= 4 is 11.9 Å². The van der Waals surface area contributed by atoms with E-state index in [1.54, 1.807) is 37.3 Å². The van der Waals surface area contributed by atoms with Gasteiger partial charge in [0.05, 0.1) is 6.42 Å². The van der Waals surface area contributed by atoms with Crippen LogP contribution in [0, 0.1) is 0 Å². The first-order valence-corrected chi connectivity index (χ1v) is 5.17. The first-order chi connectivity index (χ1) is 8.00. The maximum atomic E-state index is 11.1. The molecule has 90 valence electrons. The summed E-state index contributed by atoms with van der Waals surface area (Å²) in [4.78, 5) is 21.6. The fourth-order valence-electron chi connectivity index (χ4n) is 1.55. The molecule has 0 aliphatic carbocycles. The van der Waals surface area contributed by atoms with Crippen LogP contribution in [0.15, 0.2) is 42.0 Å². The van der Waals surface area contributed by atoms with Crippen molar-refractivity contribution in [3.05, 3.63) is 47.5 Å². The fourth-order valence-corrected chi connectivity index (χ4v) is 1.55. The highest BCUT2D eigenvalue weighted by Gasteiger charge is 2.17. The third-order valence-corrected chi connectivity index (χ3v) is 2.31. The van der Waals surface area contributed by atoms with Crippen LogP contribution in [0.3, 0.4) is 0 Å². The van der Waals surface area contributed by atoms with E-state index in [4.69, 9.17) is 10.2 Å². The van der Waals surface area contributed by atoms with E-state index >= 15 is 0 Å². The second-order valence-electron chi connectivity index (χ2n) is 3.81. The van der Waals surface area contributed by atoms with Crippen LogP contribution in [0.2, 0.25) is 0 Å². The Hall–Kier alpha value is -2.10. The van der Waals surface area contributed by atoms with Crippen molar-refractivity contribution < 1.29 is 19.8 Å². The highest BCUT2D eigenvalue weighted by atomic mass is 16.4. The highest BCUT2D eigenvalue weighted by molar-refractivity contribution is 5.79. The van der Waals surface area contributed by atoms with Crippen LogP contribution in [0.4, 0.5) is 0 Å². The van der Waals surface area contributed by atoms with Gasteiger partial charge in [-0.15, -0.1) is 0 Å². The van der Waals surface area contributed by atoms with Gasteiger partial charge in [0.25, 0.3) is 0 Å². The van der Waals surface area contributed by atoms with Gasteiger partial charge in [0, 0.05) is 0 Å². The fraction of sp³-hybridized carbons (Fsp3) is 0.231. The Labute approximate surface area is 99.2 Å². The van der Waals surface area contributed by atoms with E-state index < -0.39 is 17.9 Å². The lowest BCUT2D eigenvalue weighted by Crippen LogP contribution is -2.10. The zero-order valence-corrected chi connectivity index (χ0v) is 9.46. The topological polar surface area (TPSA) is 74.6 Å². The number of aliphatic carboxylic acids is 2. The summed E-state index contributed by atoms with van der Waals surface area (Å²) in [6, 6.07) is 8.74. The number of carboxylic acids is 2. The molecule has 0 spiro atoms. The van der Waals surface area contributed by atoms with Gasteiger partial charge >= 0.3 is 11.9 Å². The molecule has 4 heteroatoms. The van der Waals surface area contributed by atoms with Crippen LogP contribution >= 0.6 is 0 Å². The first kappa shape index (κ1) is 13.0. The molecule has 4 nitrogen and oxygen atoms in total. The molecule has 0 bridgehead atoms. The zero-order valence-electron chi connectivity index (χ0n) is 9.46. The van der Waals surface area contributed by atoms with E-state index in [0.29, 0.717) is 11.1 Å². The smallest absolute Gasteiger partial charge is 0.314 e. The molecular formula is C13H14O4. The molecule has 0 saturated carbocycles. The number of carbonyl (C=O) groups is 2. The normalized spacial score (nSPS) is 13.1. The van der Waals surface area contributed by atoms with Gasteiger partial charge in [-0.1, -0.05) is 42.0 Å². The number of benzene rings is 1. The van der Waals surface area contributed by atoms with Gasteiger partial charge in [-0.3, -0.25) is 9.59 Å². The molecule has 0 radical (unpaired) electrons. The molecular weight excluding hydrogens is 220 g/mol. The number of hydrogen-bond donors (Lipinski definition) is 2. The molecule has 2 N–H and O–H groups in total. The zero-order chi connectivity index (χ0) is 12.8. The van der Waals surface area contributed by atoms with Crippen LogP contribution in [0.1, 0.15) is 24.8 Å². The van der Waals surface area contributed by atoms with Gasteiger partial charge in [0.15, 0.2) is 0 Å². The van der Waals surface area contributed by atoms with Crippen LogP contribution in [0.5, 0.6) is 0 Å². The maximum Gasteiger partial charge on any atom is 0.314 e. The molecule has 1 aromatic rings. The quantitative estimate of drug-likeness (QED) is 0.766. The summed E-state index contributed by atoms with van der Waals surface area (Å²) in [6.45, 7) is 1.62. The summed E-state index contributed by atoms with van der Waals surface area (Å²) in [5.74, 6) is -2.74. The lowest BCUT2D eigenvalue weighted by Gasteiger charge is -2.09. The van der Waals surface area contributed by atoms with Crippen LogP contribution in [0.25, 0.3) is 0 Å². The van der Waals surface area contributed by atoms with Crippen molar-refractivity contribution in [3.63, 3.8) is 0 Å². The average Bonchev–Trinajstić information content (AvgIpc) is 2.25. The minimum atomic E-state index is -0.985. The Balaban J connectivity index is 2.96. The van der Waals surface area contributed by atoms with Crippen molar-refractivity contribution in [1.29, 1.82) is 0 Å². The predicted molar refractivity (Wildman–Crippen MR) is 62.8 cm³/mol. The number of hydrogen-bond acceptors (Lipinski definition) is 2. The van der Waals surface area contributed by atoms with Gasteiger partial charge in [0.2, 0.25) is 0 Å². The minimum Gasteiger partial charge on any atom is -0.481 e. The molecule has 0 aromatic heterocycles. The van der Waals surface area contributed by atoms with E-state index in [0.717, 1.165) is 0 Å². The predicted octanol–water partition coefficient (Wildman–Crippen LogP) is 2.28. The Morgan fingerprint density at radius 1 is 1.24 bits per heavy atom. The van der Waals surface area contributed by atoms with E-state index in [9.17, 15) is 9.59 Å². The van der Waals surface area contributed by atoms with E-state index in [-0.39, 0.29) is 6.42 Å². The summed E-state index contributed by atoms with van der Waals surface area (Å²) in [5.41, 5.74) is 1.18. The van der Waals surface area contributed by atoms with E-state index in [1.807, 2.05) is 0 Å². The molecule has 1 unspecified atom stereocenters. The standard InChI is InChI=1S/C13H14O4/c1-9(8-12(14)15)7-11(13(16)17)10-5-3-2-4-6-10/h2-7,11H,8H2,1H3,(H,14,15)(H,16,17). The SMILES string of the molecule is CC(=CC(C(=O)O)c1ccccc1)CC(=O)O. The Morgan fingerprint density at radius 3 is 2.29 bits per heavy atom. The largest absolute Gasteiger partial charge is 0.481 e. The molecule has 1 rings (SSSR count). The summed E-state index contributed by atoms with van der Waals surface area (Å²) in [7, 11) is 0. The summed E-state index contributed by atoms with van der Waals surface area (Å²) in [6.07, 6.45) is 1.34. The molecule has 0 amide bonds. The Kier molecular flexibility index (Phi) is 4.46. The van der Waals surface area contributed by atoms with Crippen molar-refractivity contribution in [2.45, 2.75) is 19.3 Å². The number of rotatable bonds is 5. The Morgan fingerprint density at radius 2 is 1.82 bits per heavy atom. The molecule has 17 heavy (non-hydrogen) atoms. The van der Waals surface area contributed by atoms with E-state index in [2.05, 4.69) is 0 Å². The van der Waals surface area contributed by atoms with Crippen LogP contribution < -0.4 is 0 Å². The van der Waals surface area contributed by atoms with Gasteiger partial charge in [-0.2, -0.15) is 0 Å². The maximum absolute atomic E-state index is 11.1. The lowest BCUT2D eigenvalue weighted by molar-refractivity contribution is -0.138. The van der Waals surface area contributed by atoms with Gasteiger partial charge in [-0.05, 0) is 12.5 Å². The summed E-state index contributed by atoms with van der Waals surface area (Å²) >= 11 is 0. The average molecular weight is 234 g/mol. The van der Waals surface area contributed by atoms with Crippen molar-refractivity contribution in [2.75, 3.05) is 0 Å². The molecule has 0 saturated heterocycles. The lowest BCUT2D eigenvalue weighted by atomic mass is 9.96. The first-order valence-electron chi connectivity index (χ1n) is 5.17. The second-order valence-corrected chi connectivity index (χ2v) is 3.81. The second kappa shape index (κ2) is 5.84. The monoisotopic (exact) mass is 234 g/mol. The van der Waals surface area contributed by atoms with Crippen molar-refractivity contribution in [3.8, 4) is 0 Å². The van der Waals surface area contributed by atoms with E-state index in [1.165, 1.54) is 6.08 Å². The molecule has 0 aliphatic rings. The van der Waals surface area contributed by atoms with Crippen molar-refractivity contribution in [2.24, 2.45) is 0 Å². The third kappa shape index (κ3) is 4.10. The van der Waals surface area contributed by atoms with Gasteiger partial charge in [-0.25, -0.2) is 0 Å². The van der Waals surface area contributed by atoms with Gasteiger partial charge in [0.1, 0.15) is 5.92 Å². The van der Waals surface area contributed by atoms with Crippen LogP contribution in [-0.2, 0) is 9.59 Å². The highest BCUT2D eigenvalue weighted by Crippen LogP contribution is 2.20. The minimum absolute atomic E-state index is 0.142. The van der Waals surface area contributed by atoms with Crippen LogP contribution in [-0.4, -0.2) is 22.2 Å². The number of carboxylic acid groups (broad SMARTS) is 2. The third-order valence-electron chi connectivity index (χ3n) is 2.31. The van der Waals surface area contributed by atoms with Crippen molar-refractivity contribution in [1.82, 2.24) is 0 Å². The van der Waals surface area contributed by atoms with Gasteiger partial charge < -0.3 is 10.2 Å². The molecule has 0 fully saturated rings.